The summed E-state index contributed by atoms with van der Waals surface area (Å²) in [6.07, 6.45) is 1.80. The smallest absolute Gasteiger partial charge is 0.191 e. The lowest BCUT2D eigenvalue weighted by atomic mass is 10.1. The number of rotatable bonds is 5. The Bertz CT molecular complexity index is 696. The number of nitrogens with one attached hydrogen (secondary N) is 2. The second-order valence-corrected chi connectivity index (χ2v) is 9.13. The third-order valence-corrected chi connectivity index (χ3v) is 6.67. The van der Waals surface area contributed by atoms with Crippen LogP contribution in [-0.2, 0) is 9.84 Å². The zero-order valence-corrected chi connectivity index (χ0v) is 18.4. The largest absolute Gasteiger partial charge is 0.369 e. The van der Waals surface area contributed by atoms with E-state index in [9.17, 15) is 8.42 Å². The molecule has 0 bridgehead atoms. The van der Waals surface area contributed by atoms with Crippen molar-refractivity contribution in [3.63, 3.8) is 0 Å². The number of hydrogen-bond acceptors (Lipinski definition) is 4. The van der Waals surface area contributed by atoms with Crippen molar-refractivity contribution in [1.82, 2.24) is 10.6 Å². The van der Waals surface area contributed by atoms with Crippen LogP contribution in [0, 0.1) is 5.92 Å². The van der Waals surface area contributed by atoms with E-state index in [1.54, 1.807) is 0 Å². The van der Waals surface area contributed by atoms with E-state index in [0.717, 1.165) is 38.4 Å². The van der Waals surface area contributed by atoms with Gasteiger partial charge in [-0.2, -0.15) is 0 Å². The Morgan fingerprint density at radius 1 is 1.27 bits per heavy atom. The fourth-order valence-corrected chi connectivity index (χ4v) is 5.35. The van der Waals surface area contributed by atoms with E-state index in [0.29, 0.717) is 18.3 Å². The fraction of sp³-hybridized carbons (Fsp3) is 0.611. The molecule has 2 fully saturated rings. The maximum absolute atomic E-state index is 11.6. The first kappa shape index (κ1) is 21.3. The van der Waals surface area contributed by atoms with Crippen molar-refractivity contribution in [2.45, 2.75) is 25.8 Å². The number of guanidine groups is 1. The normalized spacial score (nSPS) is 25.0. The molecule has 0 spiro atoms. The van der Waals surface area contributed by atoms with Gasteiger partial charge in [-0.15, -0.1) is 24.0 Å². The number of benzene rings is 1. The van der Waals surface area contributed by atoms with Gasteiger partial charge in [0, 0.05) is 37.9 Å². The highest BCUT2D eigenvalue weighted by atomic mass is 127. The topological polar surface area (TPSA) is 73.8 Å². The van der Waals surface area contributed by atoms with Crippen molar-refractivity contribution in [2.75, 3.05) is 42.6 Å². The molecule has 1 aromatic rings. The molecular weight excluding hydrogens is 463 g/mol. The van der Waals surface area contributed by atoms with Crippen molar-refractivity contribution in [3.8, 4) is 0 Å². The first-order valence-electron chi connectivity index (χ1n) is 9.11. The van der Waals surface area contributed by atoms with Crippen LogP contribution in [0.4, 0.5) is 5.69 Å². The average Bonchev–Trinajstić information content (AvgIpc) is 3.20. The van der Waals surface area contributed by atoms with E-state index < -0.39 is 9.84 Å². The molecule has 1 aromatic carbocycles. The quantitative estimate of drug-likeness (QED) is 0.373. The number of sulfone groups is 1. The number of para-hydroxylation sites is 1. The number of hydrogen-bond donors (Lipinski definition) is 2. The summed E-state index contributed by atoms with van der Waals surface area (Å²) in [5, 5.41) is 6.79. The molecule has 0 saturated carbocycles. The molecule has 2 N–H and O–H groups in total. The highest BCUT2D eigenvalue weighted by molar-refractivity contribution is 14.0. The Morgan fingerprint density at radius 3 is 2.69 bits per heavy atom. The van der Waals surface area contributed by atoms with Crippen molar-refractivity contribution in [2.24, 2.45) is 10.9 Å². The minimum Gasteiger partial charge on any atom is -0.369 e. The van der Waals surface area contributed by atoms with Crippen LogP contribution in [0.15, 0.2) is 35.3 Å². The van der Waals surface area contributed by atoms with Crippen LogP contribution in [-0.4, -0.2) is 58.1 Å². The summed E-state index contributed by atoms with van der Waals surface area (Å²) < 4.78 is 23.2. The van der Waals surface area contributed by atoms with Gasteiger partial charge in [-0.25, -0.2) is 8.42 Å². The minimum absolute atomic E-state index is 0. The van der Waals surface area contributed by atoms with E-state index in [1.807, 2.05) is 13.0 Å². The molecule has 2 aliphatic rings. The summed E-state index contributed by atoms with van der Waals surface area (Å²) in [5.74, 6) is 1.55. The van der Waals surface area contributed by atoms with E-state index in [2.05, 4.69) is 44.8 Å². The van der Waals surface area contributed by atoms with Crippen molar-refractivity contribution in [1.29, 1.82) is 0 Å². The molecule has 26 heavy (non-hydrogen) atoms. The van der Waals surface area contributed by atoms with E-state index in [4.69, 9.17) is 0 Å². The summed E-state index contributed by atoms with van der Waals surface area (Å²) >= 11 is 0. The molecule has 3 rings (SSSR count). The van der Waals surface area contributed by atoms with Crippen molar-refractivity contribution < 1.29 is 8.42 Å². The van der Waals surface area contributed by atoms with Crippen molar-refractivity contribution in [3.05, 3.63) is 30.3 Å². The molecule has 8 heteroatoms. The van der Waals surface area contributed by atoms with Crippen LogP contribution < -0.4 is 15.5 Å². The zero-order valence-electron chi connectivity index (χ0n) is 15.2. The lowest BCUT2D eigenvalue weighted by Gasteiger charge is -2.20. The van der Waals surface area contributed by atoms with Gasteiger partial charge in [0.2, 0.25) is 0 Å². The Balaban J connectivity index is 0.00000243. The van der Waals surface area contributed by atoms with Crippen LogP contribution in [0.3, 0.4) is 0 Å². The van der Waals surface area contributed by atoms with Gasteiger partial charge in [-0.1, -0.05) is 18.2 Å². The van der Waals surface area contributed by atoms with E-state index in [-0.39, 0.29) is 35.6 Å². The van der Waals surface area contributed by atoms with Crippen LogP contribution in [0.1, 0.15) is 19.8 Å². The maximum atomic E-state index is 11.6. The predicted octanol–water partition coefficient (Wildman–Crippen LogP) is 1.87. The molecular formula is C18H29IN4O2S. The van der Waals surface area contributed by atoms with E-state index >= 15 is 0 Å². The minimum atomic E-state index is -2.83. The highest BCUT2D eigenvalue weighted by Gasteiger charge is 2.28. The molecule has 0 aromatic heterocycles. The SMILES string of the molecule is CCNC(=NCC1CCS(=O)(=O)C1)NC1CCN(c2ccccc2)C1.I. The van der Waals surface area contributed by atoms with Gasteiger partial charge >= 0.3 is 0 Å². The van der Waals surface area contributed by atoms with Gasteiger partial charge < -0.3 is 15.5 Å². The summed E-state index contributed by atoms with van der Waals surface area (Å²) in [6.45, 7) is 5.39. The molecule has 2 atom stereocenters. The monoisotopic (exact) mass is 492 g/mol. The number of nitrogens with zero attached hydrogens (tertiary/aromatic N) is 2. The second kappa shape index (κ2) is 9.77. The summed E-state index contributed by atoms with van der Waals surface area (Å²) in [7, 11) is -2.83. The Hall–Kier alpha value is -1.03. The standard InChI is InChI=1S/C18H28N4O2S.HI/c1-2-19-18(20-12-15-9-11-25(23,24)14-15)21-16-8-10-22(13-16)17-6-4-3-5-7-17;/h3-7,15-16H,2,8-14H2,1H3,(H2,19,20,21);1H. The molecule has 2 saturated heterocycles. The van der Waals surface area contributed by atoms with E-state index in [1.165, 1.54) is 5.69 Å². The second-order valence-electron chi connectivity index (χ2n) is 6.90. The Labute approximate surface area is 173 Å². The summed E-state index contributed by atoms with van der Waals surface area (Å²) in [6, 6.07) is 10.8. The summed E-state index contributed by atoms with van der Waals surface area (Å²) in [4.78, 5) is 7.01. The fourth-order valence-electron chi connectivity index (χ4n) is 3.50. The lowest BCUT2D eigenvalue weighted by molar-refractivity contribution is 0.586. The molecule has 0 radical (unpaired) electrons. The lowest BCUT2D eigenvalue weighted by Crippen LogP contribution is -2.44. The van der Waals surface area contributed by atoms with Crippen LogP contribution >= 0.6 is 24.0 Å². The molecule has 2 unspecified atom stereocenters. The van der Waals surface area contributed by atoms with Gasteiger partial charge in [0.15, 0.2) is 15.8 Å². The summed E-state index contributed by atoms with van der Waals surface area (Å²) in [5.41, 5.74) is 1.25. The first-order valence-corrected chi connectivity index (χ1v) is 10.9. The van der Waals surface area contributed by atoms with Gasteiger partial charge in [0.05, 0.1) is 11.5 Å². The molecule has 146 valence electrons. The zero-order chi connectivity index (χ0) is 17.7. The predicted molar refractivity (Wildman–Crippen MR) is 118 cm³/mol. The van der Waals surface area contributed by atoms with Crippen LogP contribution in [0.25, 0.3) is 0 Å². The van der Waals surface area contributed by atoms with Crippen LogP contribution in [0.2, 0.25) is 0 Å². The third kappa shape index (κ3) is 6.00. The van der Waals surface area contributed by atoms with Gasteiger partial charge in [0.1, 0.15) is 0 Å². The van der Waals surface area contributed by atoms with Crippen molar-refractivity contribution >= 4 is 45.5 Å². The number of aliphatic imine (C=N–C) groups is 1. The molecule has 6 nitrogen and oxygen atoms in total. The van der Waals surface area contributed by atoms with Gasteiger partial charge in [-0.3, -0.25) is 4.99 Å². The highest BCUT2D eigenvalue weighted by Crippen LogP contribution is 2.20. The maximum Gasteiger partial charge on any atom is 0.191 e. The average molecular weight is 492 g/mol. The van der Waals surface area contributed by atoms with Crippen LogP contribution in [0.5, 0.6) is 0 Å². The Morgan fingerprint density at radius 2 is 2.04 bits per heavy atom. The first-order chi connectivity index (χ1) is 12.1. The molecule has 0 aliphatic carbocycles. The number of anilines is 1. The Kier molecular flexibility index (Phi) is 8.00. The third-order valence-electron chi connectivity index (χ3n) is 4.83. The van der Waals surface area contributed by atoms with Gasteiger partial charge in [0.25, 0.3) is 0 Å². The van der Waals surface area contributed by atoms with Gasteiger partial charge in [-0.05, 0) is 37.8 Å². The number of halogens is 1. The molecule has 2 aliphatic heterocycles. The molecule has 0 amide bonds. The molecule has 2 heterocycles.